The lowest BCUT2D eigenvalue weighted by atomic mass is 10.0. The lowest BCUT2D eigenvalue weighted by Crippen LogP contribution is -1.93. The van der Waals surface area contributed by atoms with E-state index in [2.05, 4.69) is 18.0 Å². The zero-order valence-corrected chi connectivity index (χ0v) is 10.9. The number of nitrogens with zero attached hydrogens (tertiary/aromatic N) is 1. The van der Waals surface area contributed by atoms with E-state index < -0.39 is 0 Å². The molecule has 1 aromatic carbocycles. The van der Waals surface area contributed by atoms with Crippen LogP contribution in [0.15, 0.2) is 17.5 Å². The lowest BCUT2D eigenvalue weighted by Gasteiger charge is -2.11. The largest absolute Gasteiger partial charge is 0.496 e. The van der Waals surface area contributed by atoms with Gasteiger partial charge >= 0.3 is 0 Å². The van der Waals surface area contributed by atoms with Crippen LogP contribution in [0.1, 0.15) is 11.1 Å². The highest BCUT2D eigenvalue weighted by Crippen LogP contribution is 2.36. The molecule has 0 aliphatic carbocycles. The zero-order valence-electron chi connectivity index (χ0n) is 9.37. The van der Waals surface area contributed by atoms with Gasteiger partial charge in [-0.3, -0.25) is 0 Å². The summed E-state index contributed by atoms with van der Waals surface area (Å²) in [7, 11) is 1.68. The van der Waals surface area contributed by atoms with Crippen LogP contribution in [0.3, 0.4) is 0 Å². The maximum Gasteiger partial charge on any atom is 0.140 e. The second-order valence-electron chi connectivity index (χ2n) is 3.56. The molecule has 0 aliphatic heterocycles. The molecule has 2 nitrogen and oxygen atoms in total. The smallest absolute Gasteiger partial charge is 0.140 e. The molecule has 0 spiro atoms. The number of aryl methyl sites for hydroxylation is 1. The van der Waals surface area contributed by atoms with E-state index in [-0.39, 0.29) is 0 Å². The predicted molar refractivity (Wildman–Crippen MR) is 68.6 cm³/mol. The molecule has 2 aromatic rings. The third-order valence-electron chi connectivity index (χ3n) is 2.59. The molecule has 0 radical (unpaired) electrons. The summed E-state index contributed by atoms with van der Waals surface area (Å²) in [4.78, 5) is 4.26. The van der Waals surface area contributed by atoms with Crippen LogP contribution in [0.5, 0.6) is 5.75 Å². The molecule has 2 rings (SSSR count). The van der Waals surface area contributed by atoms with Crippen LogP contribution in [-0.2, 0) is 0 Å². The average molecular weight is 254 g/mol. The molecule has 84 valence electrons. The minimum Gasteiger partial charge on any atom is -0.496 e. The Bertz CT molecular complexity index is 522. The molecule has 0 fully saturated rings. The highest BCUT2D eigenvalue weighted by Gasteiger charge is 2.13. The molecule has 16 heavy (non-hydrogen) atoms. The normalized spacial score (nSPS) is 10.5. The fourth-order valence-corrected chi connectivity index (χ4v) is 2.57. The Morgan fingerprint density at radius 1 is 1.31 bits per heavy atom. The van der Waals surface area contributed by atoms with Crippen molar-refractivity contribution in [2.45, 2.75) is 13.8 Å². The number of ether oxygens (including phenoxy) is 1. The van der Waals surface area contributed by atoms with E-state index >= 15 is 0 Å². The van der Waals surface area contributed by atoms with Gasteiger partial charge in [0.2, 0.25) is 0 Å². The van der Waals surface area contributed by atoms with Crippen LogP contribution in [-0.4, -0.2) is 12.1 Å². The number of hydrogen-bond acceptors (Lipinski definition) is 3. The van der Waals surface area contributed by atoms with Crippen LogP contribution < -0.4 is 4.74 Å². The molecule has 0 N–H and O–H groups in total. The summed E-state index contributed by atoms with van der Waals surface area (Å²) < 4.78 is 5.44. The van der Waals surface area contributed by atoms with E-state index in [4.69, 9.17) is 16.3 Å². The Kier molecular flexibility index (Phi) is 3.17. The second-order valence-corrected chi connectivity index (χ2v) is 4.81. The SMILES string of the molecule is COc1c(-c2nc(Cl)cs2)ccc(C)c1C. The van der Waals surface area contributed by atoms with Crippen LogP contribution in [0.25, 0.3) is 10.6 Å². The van der Waals surface area contributed by atoms with Crippen molar-refractivity contribution in [1.29, 1.82) is 0 Å². The molecule has 0 saturated carbocycles. The van der Waals surface area contributed by atoms with Crippen molar-refractivity contribution < 1.29 is 4.74 Å². The predicted octanol–water partition coefficient (Wildman–Crippen LogP) is 4.09. The number of hydrogen-bond donors (Lipinski definition) is 0. The molecule has 0 atom stereocenters. The monoisotopic (exact) mass is 253 g/mol. The third-order valence-corrected chi connectivity index (χ3v) is 3.79. The van der Waals surface area contributed by atoms with Crippen molar-refractivity contribution >= 4 is 22.9 Å². The number of rotatable bonds is 2. The van der Waals surface area contributed by atoms with Gasteiger partial charge in [-0.15, -0.1) is 11.3 Å². The van der Waals surface area contributed by atoms with Gasteiger partial charge in [0.1, 0.15) is 15.9 Å². The molecule has 0 unspecified atom stereocenters. The molecule has 0 bridgehead atoms. The van der Waals surface area contributed by atoms with E-state index in [1.165, 1.54) is 16.9 Å². The summed E-state index contributed by atoms with van der Waals surface area (Å²) >= 11 is 7.36. The molecular weight excluding hydrogens is 242 g/mol. The first-order valence-electron chi connectivity index (χ1n) is 4.89. The third kappa shape index (κ3) is 1.93. The highest BCUT2D eigenvalue weighted by molar-refractivity contribution is 7.13. The topological polar surface area (TPSA) is 22.1 Å². The van der Waals surface area contributed by atoms with Crippen LogP contribution >= 0.6 is 22.9 Å². The van der Waals surface area contributed by atoms with Gasteiger partial charge in [-0.1, -0.05) is 17.7 Å². The fraction of sp³-hybridized carbons (Fsp3) is 0.250. The summed E-state index contributed by atoms with van der Waals surface area (Å²) in [6, 6.07) is 4.10. The minimum atomic E-state index is 0.528. The van der Waals surface area contributed by atoms with Crippen molar-refractivity contribution in [3.05, 3.63) is 33.8 Å². The average Bonchev–Trinajstić information content (AvgIpc) is 2.68. The first-order chi connectivity index (χ1) is 7.63. The number of benzene rings is 1. The van der Waals surface area contributed by atoms with E-state index in [0.29, 0.717) is 5.15 Å². The highest BCUT2D eigenvalue weighted by atomic mass is 35.5. The molecule has 0 saturated heterocycles. The van der Waals surface area contributed by atoms with Crippen LogP contribution in [0.2, 0.25) is 5.15 Å². The van der Waals surface area contributed by atoms with Gasteiger partial charge in [0.15, 0.2) is 0 Å². The first-order valence-corrected chi connectivity index (χ1v) is 6.15. The lowest BCUT2D eigenvalue weighted by molar-refractivity contribution is 0.413. The van der Waals surface area contributed by atoms with Gasteiger partial charge in [0, 0.05) is 5.38 Å². The maximum atomic E-state index is 5.84. The minimum absolute atomic E-state index is 0.528. The Morgan fingerprint density at radius 3 is 2.62 bits per heavy atom. The molecule has 1 aromatic heterocycles. The van der Waals surface area contributed by atoms with Crippen molar-refractivity contribution in [3.8, 4) is 16.3 Å². The van der Waals surface area contributed by atoms with Gasteiger partial charge in [0.25, 0.3) is 0 Å². The van der Waals surface area contributed by atoms with Crippen molar-refractivity contribution in [1.82, 2.24) is 4.98 Å². The van der Waals surface area contributed by atoms with Gasteiger partial charge < -0.3 is 4.74 Å². The number of thiazole rings is 1. The van der Waals surface area contributed by atoms with E-state index in [9.17, 15) is 0 Å². The molecule has 1 heterocycles. The summed E-state index contributed by atoms with van der Waals surface area (Å²) in [5.74, 6) is 0.881. The van der Waals surface area contributed by atoms with E-state index in [0.717, 1.165) is 21.9 Å². The molecule has 4 heteroatoms. The van der Waals surface area contributed by atoms with Crippen LogP contribution in [0.4, 0.5) is 0 Å². The fourth-order valence-electron chi connectivity index (χ4n) is 1.60. The second kappa shape index (κ2) is 4.44. The summed E-state index contributed by atoms with van der Waals surface area (Å²) in [6.07, 6.45) is 0. The number of halogens is 1. The Labute approximate surface area is 104 Å². The van der Waals surface area contributed by atoms with Gasteiger partial charge in [-0.25, -0.2) is 4.98 Å². The number of aromatic nitrogens is 1. The molecule has 0 amide bonds. The van der Waals surface area contributed by atoms with Gasteiger partial charge in [-0.2, -0.15) is 0 Å². The van der Waals surface area contributed by atoms with Gasteiger partial charge in [-0.05, 0) is 31.0 Å². The van der Waals surface area contributed by atoms with Crippen LogP contribution in [0, 0.1) is 13.8 Å². The zero-order chi connectivity index (χ0) is 11.7. The van der Waals surface area contributed by atoms with Crippen molar-refractivity contribution in [3.63, 3.8) is 0 Å². The number of methoxy groups -OCH3 is 1. The van der Waals surface area contributed by atoms with E-state index in [1.54, 1.807) is 7.11 Å². The summed E-state index contributed by atoms with van der Waals surface area (Å²) in [5, 5.41) is 3.25. The van der Waals surface area contributed by atoms with Gasteiger partial charge in [0.05, 0.1) is 12.7 Å². The van der Waals surface area contributed by atoms with Crippen molar-refractivity contribution in [2.75, 3.05) is 7.11 Å². The maximum absolute atomic E-state index is 5.84. The van der Waals surface area contributed by atoms with Crippen molar-refractivity contribution in [2.24, 2.45) is 0 Å². The molecular formula is C12H12ClNOS. The van der Waals surface area contributed by atoms with E-state index in [1.807, 2.05) is 18.4 Å². The quantitative estimate of drug-likeness (QED) is 0.804. The summed E-state index contributed by atoms with van der Waals surface area (Å²) in [5.41, 5.74) is 3.36. The Morgan fingerprint density at radius 2 is 2.06 bits per heavy atom. The summed E-state index contributed by atoms with van der Waals surface area (Å²) in [6.45, 7) is 4.11. The first kappa shape index (κ1) is 11.4. The standard InChI is InChI=1S/C12H12ClNOS/c1-7-4-5-9(11(15-3)8(7)2)12-14-10(13)6-16-12/h4-6H,1-3H3. The Balaban J connectivity index is 2.61. The Hall–Kier alpha value is -1.06. The molecule has 0 aliphatic rings.